The number of amides is 2. The molecule has 1 N–H and O–H groups in total. The second-order valence-electron chi connectivity index (χ2n) is 5.89. The standard InChI is InChI=1S/C15H26N4OS/c1-5-21-14-7-6-13(8-14)18(4)15(20)17-12-9-16-19(10-12)11(2)3/h9-11,13-14H,5-8H2,1-4H3,(H,17,20)/t13-,14-/m0/s1. The monoisotopic (exact) mass is 310 g/mol. The molecule has 0 aliphatic heterocycles. The van der Waals surface area contributed by atoms with Gasteiger partial charge in [-0.15, -0.1) is 0 Å². The maximum absolute atomic E-state index is 12.3. The molecular formula is C15H26N4OS. The highest BCUT2D eigenvalue weighted by Crippen LogP contribution is 2.32. The lowest BCUT2D eigenvalue weighted by Gasteiger charge is -2.24. The van der Waals surface area contributed by atoms with Gasteiger partial charge in [0.2, 0.25) is 0 Å². The molecule has 1 saturated carbocycles. The molecular weight excluding hydrogens is 284 g/mol. The summed E-state index contributed by atoms with van der Waals surface area (Å²) < 4.78 is 1.85. The van der Waals surface area contributed by atoms with E-state index in [0.29, 0.717) is 17.3 Å². The van der Waals surface area contributed by atoms with Crippen LogP contribution in [0.1, 0.15) is 46.1 Å². The van der Waals surface area contributed by atoms with Gasteiger partial charge in [0.1, 0.15) is 0 Å². The number of rotatable bonds is 5. The summed E-state index contributed by atoms with van der Waals surface area (Å²) >= 11 is 2.01. The van der Waals surface area contributed by atoms with E-state index < -0.39 is 0 Å². The Morgan fingerprint density at radius 1 is 1.57 bits per heavy atom. The molecule has 0 aromatic carbocycles. The number of nitrogens with zero attached hydrogens (tertiary/aromatic N) is 3. The Kier molecular flexibility index (Phi) is 5.56. The van der Waals surface area contributed by atoms with Crippen molar-refractivity contribution in [1.82, 2.24) is 14.7 Å². The lowest BCUT2D eigenvalue weighted by atomic mass is 10.2. The summed E-state index contributed by atoms with van der Waals surface area (Å²) in [7, 11) is 1.89. The molecule has 0 radical (unpaired) electrons. The summed E-state index contributed by atoms with van der Waals surface area (Å²) in [4.78, 5) is 14.2. The first-order chi connectivity index (χ1) is 10.0. The molecule has 1 fully saturated rings. The molecule has 0 spiro atoms. The molecule has 1 aliphatic rings. The van der Waals surface area contributed by atoms with Gasteiger partial charge in [-0.1, -0.05) is 6.92 Å². The van der Waals surface area contributed by atoms with E-state index in [1.165, 1.54) is 6.42 Å². The third kappa shape index (κ3) is 4.15. The van der Waals surface area contributed by atoms with Crippen LogP contribution in [0.25, 0.3) is 0 Å². The number of thioether (sulfide) groups is 1. The zero-order chi connectivity index (χ0) is 15.4. The van der Waals surface area contributed by atoms with Crippen LogP contribution in [0.3, 0.4) is 0 Å². The van der Waals surface area contributed by atoms with Crippen LogP contribution >= 0.6 is 11.8 Å². The molecule has 1 aliphatic carbocycles. The third-order valence-electron chi connectivity index (χ3n) is 4.01. The minimum absolute atomic E-state index is 0.0366. The van der Waals surface area contributed by atoms with Crippen molar-refractivity contribution in [3.8, 4) is 0 Å². The van der Waals surface area contributed by atoms with Crippen molar-refractivity contribution in [2.45, 2.75) is 57.4 Å². The average molecular weight is 310 g/mol. The van der Waals surface area contributed by atoms with Crippen molar-refractivity contribution in [2.75, 3.05) is 18.1 Å². The van der Waals surface area contributed by atoms with Gasteiger partial charge >= 0.3 is 6.03 Å². The SMILES string of the molecule is CCS[C@H]1CC[C@H](N(C)C(=O)Nc2cnn(C(C)C)c2)C1. The van der Waals surface area contributed by atoms with Crippen LogP contribution in [-0.4, -0.2) is 44.8 Å². The lowest BCUT2D eigenvalue weighted by Crippen LogP contribution is -2.38. The summed E-state index contributed by atoms with van der Waals surface area (Å²) in [6, 6.07) is 0.620. The van der Waals surface area contributed by atoms with Crippen LogP contribution in [-0.2, 0) is 0 Å². The lowest BCUT2D eigenvalue weighted by molar-refractivity contribution is 0.205. The van der Waals surface area contributed by atoms with Gasteiger partial charge in [-0.25, -0.2) is 4.79 Å². The summed E-state index contributed by atoms with van der Waals surface area (Å²) in [6.07, 6.45) is 7.00. The van der Waals surface area contributed by atoms with Crippen molar-refractivity contribution < 1.29 is 4.79 Å². The molecule has 0 unspecified atom stereocenters. The van der Waals surface area contributed by atoms with E-state index in [1.807, 2.05) is 34.6 Å². The fourth-order valence-electron chi connectivity index (χ4n) is 2.72. The Bertz CT molecular complexity index is 474. The maximum atomic E-state index is 12.3. The molecule has 118 valence electrons. The first kappa shape index (κ1) is 16.2. The number of aromatic nitrogens is 2. The highest BCUT2D eigenvalue weighted by Gasteiger charge is 2.29. The molecule has 2 atom stereocenters. The van der Waals surface area contributed by atoms with Crippen molar-refractivity contribution in [1.29, 1.82) is 0 Å². The Morgan fingerprint density at radius 3 is 2.95 bits per heavy atom. The van der Waals surface area contributed by atoms with Crippen LogP contribution in [0.15, 0.2) is 12.4 Å². The van der Waals surface area contributed by atoms with Gasteiger partial charge in [-0.05, 0) is 38.9 Å². The summed E-state index contributed by atoms with van der Waals surface area (Å²) in [6.45, 7) is 6.32. The van der Waals surface area contributed by atoms with Gasteiger partial charge in [0.05, 0.1) is 11.9 Å². The second-order valence-corrected chi connectivity index (χ2v) is 7.47. The first-order valence-electron chi connectivity index (χ1n) is 7.70. The summed E-state index contributed by atoms with van der Waals surface area (Å²) in [5.41, 5.74) is 0.762. The molecule has 2 rings (SSSR count). The van der Waals surface area contributed by atoms with Gasteiger partial charge in [-0.3, -0.25) is 4.68 Å². The number of urea groups is 1. The van der Waals surface area contributed by atoms with Crippen LogP contribution in [0, 0.1) is 0 Å². The Labute approximate surface area is 131 Å². The van der Waals surface area contributed by atoms with E-state index in [2.05, 4.69) is 31.2 Å². The predicted molar refractivity (Wildman–Crippen MR) is 89.0 cm³/mol. The number of carbonyl (C=O) groups is 1. The normalized spacial score (nSPS) is 21.8. The average Bonchev–Trinajstić information content (AvgIpc) is 3.07. The molecule has 1 aromatic heterocycles. The number of carbonyl (C=O) groups excluding carboxylic acids is 1. The van der Waals surface area contributed by atoms with E-state index in [0.717, 1.165) is 24.3 Å². The van der Waals surface area contributed by atoms with Crippen LogP contribution in [0.4, 0.5) is 10.5 Å². The summed E-state index contributed by atoms with van der Waals surface area (Å²) in [5.74, 6) is 1.15. The smallest absolute Gasteiger partial charge is 0.321 e. The number of hydrogen-bond donors (Lipinski definition) is 1. The number of nitrogens with one attached hydrogen (secondary N) is 1. The fraction of sp³-hybridized carbons (Fsp3) is 0.733. The zero-order valence-corrected chi connectivity index (χ0v) is 14.2. The Balaban J connectivity index is 1.87. The van der Waals surface area contributed by atoms with Crippen molar-refractivity contribution in [3.63, 3.8) is 0 Å². The second kappa shape index (κ2) is 7.20. The quantitative estimate of drug-likeness (QED) is 0.904. The Hall–Kier alpha value is -1.17. The Morgan fingerprint density at radius 2 is 2.33 bits per heavy atom. The third-order valence-corrected chi connectivity index (χ3v) is 5.24. The number of hydrogen-bond acceptors (Lipinski definition) is 3. The maximum Gasteiger partial charge on any atom is 0.321 e. The van der Waals surface area contributed by atoms with Gasteiger partial charge in [0.25, 0.3) is 0 Å². The van der Waals surface area contributed by atoms with Crippen molar-refractivity contribution >= 4 is 23.5 Å². The highest BCUT2D eigenvalue weighted by molar-refractivity contribution is 7.99. The van der Waals surface area contributed by atoms with Gasteiger partial charge < -0.3 is 10.2 Å². The minimum Gasteiger partial charge on any atom is -0.325 e. The molecule has 2 amide bonds. The van der Waals surface area contributed by atoms with Crippen molar-refractivity contribution in [2.24, 2.45) is 0 Å². The molecule has 0 bridgehead atoms. The van der Waals surface area contributed by atoms with E-state index in [4.69, 9.17) is 0 Å². The molecule has 1 heterocycles. The first-order valence-corrected chi connectivity index (χ1v) is 8.75. The summed E-state index contributed by atoms with van der Waals surface area (Å²) in [5, 5.41) is 7.89. The minimum atomic E-state index is -0.0366. The fourth-order valence-corrected chi connectivity index (χ4v) is 3.85. The molecule has 1 aromatic rings. The largest absolute Gasteiger partial charge is 0.325 e. The van der Waals surface area contributed by atoms with E-state index >= 15 is 0 Å². The van der Waals surface area contributed by atoms with Gasteiger partial charge in [0, 0.05) is 30.6 Å². The zero-order valence-electron chi connectivity index (χ0n) is 13.4. The van der Waals surface area contributed by atoms with Crippen molar-refractivity contribution in [3.05, 3.63) is 12.4 Å². The molecule has 21 heavy (non-hydrogen) atoms. The molecule has 6 heteroatoms. The molecule has 5 nitrogen and oxygen atoms in total. The van der Waals surface area contributed by atoms with Crippen LogP contribution in [0.5, 0.6) is 0 Å². The van der Waals surface area contributed by atoms with Crippen LogP contribution < -0.4 is 5.32 Å². The van der Waals surface area contributed by atoms with E-state index in [-0.39, 0.29) is 6.03 Å². The highest BCUT2D eigenvalue weighted by atomic mass is 32.2. The number of anilines is 1. The molecule has 0 saturated heterocycles. The van der Waals surface area contributed by atoms with Gasteiger partial charge in [0.15, 0.2) is 0 Å². The van der Waals surface area contributed by atoms with Gasteiger partial charge in [-0.2, -0.15) is 16.9 Å². The van der Waals surface area contributed by atoms with E-state index in [1.54, 1.807) is 6.20 Å². The predicted octanol–water partition coefficient (Wildman–Crippen LogP) is 3.60. The topological polar surface area (TPSA) is 50.2 Å². The van der Waals surface area contributed by atoms with Crippen LogP contribution in [0.2, 0.25) is 0 Å². The van der Waals surface area contributed by atoms with E-state index in [9.17, 15) is 4.79 Å².